The molecule has 3 aromatic carbocycles. The Hall–Kier alpha value is -3.31. The van der Waals surface area contributed by atoms with Crippen molar-refractivity contribution in [2.45, 2.75) is 13.5 Å². The number of amides is 1. The molecule has 3 aromatic rings. The normalized spacial score (nSPS) is 10.7. The van der Waals surface area contributed by atoms with Gasteiger partial charge in [0.25, 0.3) is 5.91 Å². The number of nitrogens with zero attached hydrogens (tertiary/aromatic N) is 1. The summed E-state index contributed by atoms with van der Waals surface area (Å²) in [5, 5.41) is 4.64. The van der Waals surface area contributed by atoms with Gasteiger partial charge >= 0.3 is 0 Å². The first kappa shape index (κ1) is 20.4. The standard InChI is InChI=1S/C23H21ClN2O3/c1-17-2-10-21(11-3-17)29-16-23(27)26-25-14-18-6-12-22(13-7-18)28-15-19-4-8-20(24)9-5-19/h2-14H,15-16H2,1H3,(H,26,27). The summed E-state index contributed by atoms with van der Waals surface area (Å²) in [5.41, 5.74) is 5.45. The highest BCUT2D eigenvalue weighted by atomic mass is 35.5. The molecule has 0 aliphatic heterocycles. The number of rotatable bonds is 8. The Labute approximate surface area is 174 Å². The molecule has 5 nitrogen and oxygen atoms in total. The Balaban J connectivity index is 1.41. The van der Waals surface area contributed by atoms with Gasteiger partial charge in [0, 0.05) is 5.02 Å². The van der Waals surface area contributed by atoms with E-state index in [1.165, 1.54) is 0 Å². The molecule has 1 amide bonds. The maximum atomic E-state index is 11.8. The summed E-state index contributed by atoms with van der Waals surface area (Å²) < 4.78 is 11.1. The molecule has 0 saturated carbocycles. The molecule has 0 aliphatic carbocycles. The number of nitrogens with one attached hydrogen (secondary N) is 1. The Morgan fingerprint density at radius 3 is 2.24 bits per heavy atom. The van der Waals surface area contributed by atoms with Gasteiger partial charge in [-0.15, -0.1) is 0 Å². The summed E-state index contributed by atoms with van der Waals surface area (Å²) in [4.78, 5) is 11.8. The van der Waals surface area contributed by atoms with Crippen LogP contribution in [0.15, 0.2) is 77.9 Å². The molecule has 6 heteroatoms. The fourth-order valence-corrected chi connectivity index (χ4v) is 2.52. The van der Waals surface area contributed by atoms with Crippen LogP contribution < -0.4 is 14.9 Å². The van der Waals surface area contributed by atoms with Crippen molar-refractivity contribution in [3.05, 3.63) is 94.5 Å². The van der Waals surface area contributed by atoms with Crippen LogP contribution in [0, 0.1) is 6.92 Å². The van der Waals surface area contributed by atoms with Crippen LogP contribution in [-0.2, 0) is 11.4 Å². The summed E-state index contributed by atoms with van der Waals surface area (Å²) in [6.45, 7) is 2.35. The maximum absolute atomic E-state index is 11.8. The van der Waals surface area contributed by atoms with Crippen LogP contribution in [0.4, 0.5) is 0 Å². The zero-order chi connectivity index (χ0) is 20.5. The molecule has 0 unspecified atom stereocenters. The minimum Gasteiger partial charge on any atom is -0.489 e. The van der Waals surface area contributed by atoms with Gasteiger partial charge in [0.05, 0.1) is 6.21 Å². The van der Waals surface area contributed by atoms with Crippen molar-refractivity contribution in [2.75, 3.05) is 6.61 Å². The Morgan fingerprint density at radius 1 is 0.931 bits per heavy atom. The van der Waals surface area contributed by atoms with Gasteiger partial charge in [0.15, 0.2) is 6.61 Å². The number of hydrogen-bond donors (Lipinski definition) is 1. The summed E-state index contributed by atoms with van der Waals surface area (Å²) in [7, 11) is 0. The van der Waals surface area contributed by atoms with Gasteiger partial charge in [-0.05, 0) is 66.6 Å². The molecule has 29 heavy (non-hydrogen) atoms. The predicted octanol–water partition coefficient (Wildman–Crippen LogP) is 4.76. The summed E-state index contributed by atoms with van der Waals surface area (Å²) in [5.74, 6) is 1.06. The minimum absolute atomic E-state index is 0.0993. The van der Waals surface area contributed by atoms with Crippen molar-refractivity contribution < 1.29 is 14.3 Å². The second-order valence-corrected chi connectivity index (χ2v) is 6.82. The second kappa shape index (κ2) is 10.3. The van der Waals surface area contributed by atoms with Crippen molar-refractivity contribution in [2.24, 2.45) is 5.10 Å². The third kappa shape index (κ3) is 6.97. The van der Waals surface area contributed by atoms with Gasteiger partial charge in [-0.3, -0.25) is 4.79 Å². The minimum atomic E-state index is -0.329. The van der Waals surface area contributed by atoms with Crippen LogP contribution in [0.2, 0.25) is 5.02 Å². The highest BCUT2D eigenvalue weighted by molar-refractivity contribution is 6.30. The largest absolute Gasteiger partial charge is 0.489 e. The van der Waals surface area contributed by atoms with Gasteiger partial charge in [0.1, 0.15) is 18.1 Å². The molecular formula is C23H21ClN2O3. The average Bonchev–Trinajstić information content (AvgIpc) is 2.74. The van der Waals surface area contributed by atoms with Crippen LogP contribution >= 0.6 is 11.6 Å². The van der Waals surface area contributed by atoms with Crippen molar-refractivity contribution in [1.29, 1.82) is 0 Å². The monoisotopic (exact) mass is 408 g/mol. The van der Waals surface area contributed by atoms with Gasteiger partial charge in [0.2, 0.25) is 0 Å². The molecule has 0 radical (unpaired) electrons. The first-order valence-corrected chi connectivity index (χ1v) is 9.45. The van der Waals surface area contributed by atoms with Crippen LogP contribution in [0.25, 0.3) is 0 Å². The molecule has 0 aliphatic rings. The highest BCUT2D eigenvalue weighted by Crippen LogP contribution is 2.15. The fourth-order valence-electron chi connectivity index (χ4n) is 2.39. The Morgan fingerprint density at radius 2 is 1.55 bits per heavy atom. The van der Waals surface area contributed by atoms with Crippen molar-refractivity contribution in [3.8, 4) is 11.5 Å². The second-order valence-electron chi connectivity index (χ2n) is 6.38. The van der Waals surface area contributed by atoms with E-state index in [0.717, 1.165) is 22.4 Å². The van der Waals surface area contributed by atoms with Crippen molar-refractivity contribution in [1.82, 2.24) is 5.43 Å². The van der Waals surface area contributed by atoms with Gasteiger partial charge < -0.3 is 9.47 Å². The average molecular weight is 409 g/mol. The third-order valence-electron chi connectivity index (χ3n) is 3.99. The van der Waals surface area contributed by atoms with E-state index in [0.29, 0.717) is 17.4 Å². The molecule has 0 atom stereocenters. The summed E-state index contributed by atoms with van der Waals surface area (Å²) in [6, 6.07) is 22.4. The van der Waals surface area contributed by atoms with Crippen LogP contribution in [-0.4, -0.2) is 18.7 Å². The predicted molar refractivity (Wildman–Crippen MR) is 115 cm³/mol. The van der Waals surface area contributed by atoms with Crippen molar-refractivity contribution in [3.63, 3.8) is 0 Å². The van der Waals surface area contributed by atoms with E-state index in [1.54, 1.807) is 6.21 Å². The van der Waals surface area contributed by atoms with Crippen LogP contribution in [0.1, 0.15) is 16.7 Å². The van der Waals surface area contributed by atoms with E-state index in [4.69, 9.17) is 21.1 Å². The van der Waals surface area contributed by atoms with E-state index in [9.17, 15) is 4.79 Å². The van der Waals surface area contributed by atoms with E-state index in [2.05, 4.69) is 10.5 Å². The number of carbonyl (C=O) groups excluding carboxylic acids is 1. The van der Waals surface area contributed by atoms with E-state index in [1.807, 2.05) is 79.7 Å². The fraction of sp³-hybridized carbons (Fsp3) is 0.130. The molecule has 0 bridgehead atoms. The third-order valence-corrected chi connectivity index (χ3v) is 4.24. The number of ether oxygens (including phenoxy) is 2. The van der Waals surface area contributed by atoms with Crippen LogP contribution in [0.3, 0.4) is 0 Å². The molecule has 0 fully saturated rings. The lowest BCUT2D eigenvalue weighted by Gasteiger charge is -2.07. The van der Waals surface area contributed by atoms with Crippen molar-refractivity contribution >= 4 is 23.7 Å². The van der Waals surface area contributed by atoms with Gasteiger partial charge in [-0.1, -0.05) is 41.4 Å². The lowest BCUT2D eigenvalue weighted by molar-refractivity contribution is -0.123. The number of aryl methyl sites for hydroxylation is 1. The lowest BCUT2D eigenvalue weighted by atomic mass is 10.2. The molecule has 1 N–H and O–H groups in total. The topological polar surface area (TPSA) is 59.9 Å². The highest BCUT2D eigenvalue weighted by Gasteiger charge is 2.01. The number of hydrogen-bond acceptors (Lipinski definition) is 4. The molecule has 0 saturated heterocycles. The quantitative estimate of drug-likeness (QED) is 0.432. The molecule has 3 rings (SSSR count). The maximum Gasteiger partial charge on any atom is 0.277 e. The number of carbonyl (C=O) groups is 1. The Bertz CT molecular complexity index is 953. The van der Waals surface area contributed by atoms with Crippen LogP contribution in [0.5, 0.6) is 11.5 Å². The van der Waals surface area contributed by atoms with E-state index < -0.39 is 0 Å². The Kier molecular flexibility index (Phi) is 7.25. The smallest absolute Gasteiger partial charge is 0.277 e. The first-order valence-electron chi connectivity index (χ1n) is 9.07. The molecule has 0 aromatic heterocycles. The summed E-state index contributed by atoms with van der Waals surface area (Å²) >= 11 is 5.87. The number of hydrazone groups is 1. The number of halogens is 1. The lowest BCUT2D eigenvalue weighted by Crippen LogP contribution is -2.24. The summed E-state index contributed by atoms with van der Waals surface area (Å²) in [6.07, 6.45) is 1.56. The molecular weight excluding hydrogens is 388 g/mol. The zero-order valence-corrected chi connectivity index (χ0v) is 16.7. The van der Waals surface area contributed by atoms with E-state index >= 15 is 0 Å². The zero-order valence-electron chi connectivity index (χ0n) is 16.0. The van der Waals surface area contributed by atoms with E-state index in [-0.39, 0.29) is 12.5 Å². The molecule has 0 heterocycles. The van der Waals surface area contributed by atoms with Gasteiger partial charge in [-0.2, -0.15) is 5.10 Å². The molecule has 148 valence electrons. The number of benzene rings is 3. The first-order chi connectivity index (χ1) is 14.1. The van der Waals surface area contributed by atoms with Gasteiger partial charge in [-0.25, -0.2) is 5.43 Å². The molecule has 0 spiro atoms. The SMILES string of the molecule is Cc1ccc(OCC(=O)NN=Cc2ccc(OCc3ccc(Cl)cc3)cc2)cc1.